The van der Waals surface area contributed by atoms with Crippen molar-refractivity contribution in [1.82, 2.24) is 19.6 Å². The minimum atomic E-state index is -0.968. The number of aromatic nitrogens is 4. The van der Waals surface area contributed by atoms with Gasteiger partial charge in [-0.25, -0.2) is 9.50 Å². The van der Waals surface area contributed by atoms with Crippen LogP contribution < -0.4 is 9.64 Å². The van der Waals surface area contributed by atoms with Crippen LogP contribution >= 0.6 is 0 Å². The van der Waals surface area contributed by atoms with Crippen LogP contribution in [0.1, 0.15) is 39.2 Å². The predicted octanol–water partition coefficient (Wildman–Crippen LogP) is 3.29. The molecule has 0 bridgehead atoms. The van der Waals surface area contributed by atoms with Crippen molar-refractivity contribution in [3.8, 4) is 23.1 Å². The second-order valence-corrected chi connectivity index (χ2v) is 9.92. The van der Waals surface area contributed by atoms with Gasteiger partial charge in [0.05, 0.1) is 47.2 Å². The molecular formula is C24H28N6O2. The lowest BCUT2D eigenvalue weighted by Gasteiger charge is -2.19. The summed E-state index contributed by atoms with van der Waals surface area (Å²) in [5, 5.41) is 23.9. The van der Waals surface area contributed by atoms with Crippen molar-refractivity contribution in [2.24, 2.45) is 17.8 Å². The first kappa shape index (κ1) is 20.7. The topological polar surface area (TPSA) is 99.6 Å². The number of hydrogen-bond acceptors (Lipinski definition) is 7. The van der Waals surface area contributed by atoms with Gasteiger partial charge in [0.1, 0.15) is 24.2 Å². The van der Waals surface area contributed by atoms with Gasteiger partial charge >= 0.3 is 0 Å². The zero-order valence-electron chi connectivity index (χ0n) is 18.7. The smallest absolute Gasteiger partial charge is 0.147 e. The normalized spacial score (nSPS) is 22.8. The van der Waals surface area contributed by atoms with E-state index in [9.17, 15) is 10.4 Å². The van der Waals surface area contributed by atoms with Crippen LogP contribution in [0.4, 0.5) is 5.82 Å². The van der Waals surface area contributed by atoms with Crippen molar-refractivity contribution in [1.29, 1.82) is 5.26 Å². The lowest BCUT2D eigenvalue weighted by atomic mass is 10.0. The molecule has 1 aliphatic carbocycles. The van der Waals surface area contributed by atoms with E-state index in [0.29, 0.717) is 22.5 Å². The molecular weight excluding hydrogens is 404 g/mol. The Labute approximate surface area is 187 Å². The summed E-state index contributed by atoms with van der Waals surface area (Å²) in [5.74, 6) is 3.80. The number of fused-ring (bicyclic) bond motifs is 2. The van der Waals surface area contributed by atoms with Gasteiger partial charge in [0, 0.05) is 18.7 Å². The third-order valence-electron chi connectivity index (χ3n) is 6.52. The largest absolute Gasteiger partial charge is 0.489 e. The molecule has 8 nitrogen and oxygen atoms in total. The SMILES string of the molecule is CC1C[C@@H]2CN(c3cnc(-c4cc(OCC(C)(C)O)cn5ncc(C#N)c45)cn3)C[C@@H]2C1. The van der Waals surface area contributed by atoms with Gasteiger partial charge in [0.15, 0.2) is 0 Å². The molecule has 0 spiro atoms. The number of pyridine rings is 1. The predicted molar refractivity (Wildman–Crippen MR) is 120 cm³/mol. The summed E-state index contributed by atoms with van der Waals surface area (Å²) >= 11 is 0. The molecule has 32 heavy (non-hydrogen) atoms. The summed E-state index contributed by atoms with van der Waals surface area (Å²) in [6.07, 6.45) is 9.43. The Bertz CT molecular complexity index is 1160. The molecule has 166 valence electrons. The molecule has 3 atom stereocenters. The number of hydrogen-bond donors (Lipinski definition) is 1. The Balaban J connectivity index is 1.45. The lowest BCUT2D eigenvalue weighted by molar-refractivity contribution is 0.0283. The van der Waals surface area contributed by atoms with Gasteiger partial charge in [-0.05, 0) is 50.5 Å². The highest BCUT2D eigenvalue weighted by atomic mass is 16.5. The first-order valence-electron chi connectivity index (χ1n) is 11.1. The second kappa shape index (κ2) is 7.75. The second-order valence-electron chi connectivity index (χ2n) is 9.92. The van der Waals surface area contributed by atoms with Gasteiger partial charge in [-0.3, -0.25) is 4.98 Å². The minimum Gasteiger partial charge on any atom is -0.489 e. The van der Waals surface area contributed by atoms with E-state index < -0.39 is 5.60 Å². The highest BCUT2D eigenvalue weighted by Crippen LogP contribution is 2.42. The fraction of sp³-hybridized carbons (Fsp3) is 0.500. The molecule has 2 aliphatic rings. The maximum absolute atomic E-state index is 10.0. The van der Waals surface area contributed by atoms with E-state index in [1.807, 2.05) is 12.3 Å². The van der Waals surface area contributed by atoms with Gasteiger partial charge in [-0.15, -0.1) is 0 Å². The summed E-state index contributed by atoms with van der Waals surface area (Å²) in [6, 6.07) is 4.03. The Morgan fingerprint density at radius 1 is 1.19 bits per heavy atom. The van der Waals surface area contributed by atoms with Gasteiger partial charge in [-0.1, -0.05) is 6.92 Å². The van der Waals surface area contributed by atoms with Gasteiger partial charge in [0.2, 0.25) is 0 Å². The lowest BCUT2D eigenvalue weighted by Crippen LogP contribution is -2.27. The summed E-state index contributed by atoms with van der Waals surface area (Å²) < 4.78 is 7.41. The average molecular weight is 433 g/mol. The van der Waals surface area contributed by atoms with Gasteiger partial charge in [-0.2, -0.15) is 10.4 Å². The number of rotatable bonds is 5. The third kappa shape index (κ3) is 3.89. The number of nitriles is 1. The number of aliphatic hydroxyl groups is 1. The summed E-state index contributed by atoms with van der Waals surface area (Å²) in [4.78, 5) is 11.8. The summed E-state index contributed by atoms with van der Waals surface area (Å²) in [7, 11) is 0. The van der Waals surface area contributed by atoms with Crippen LogP contribution in [-0.4, -0.2) is 50.0 Å². The molecule has 1 aliphatic heterocycles. The van der Waals surface area contributed by atoms with E-state index in [0.717, 1.165) is 42.2 Å². The van der Waals surface area contributed by atoms with E-state index in [1.54, 1.807) is 30.8 Å². The van der Waals surface area contributed by atoms with Crippen molar-refractivity contribution in [3.63, 3.8) is 0 Å². The third-order valence-corrected chi connectivity index (χ3v) is 6.52. The van der Waals surface area contributed by atoms with Crippen molar-refractivity contribution >= 4 is 11.3 Å². The highest BCUT2D eigenvalue weighted by molar-refractivity contribution is 5.83. The fourth-order valence-electron chi connectivity index (χ4n) is 5.13. The average Bonchev–Trinajstić information content (AvgIpc) is 3.43. The Morgan fingerprint density at radius 3 is 2.56 bits per heavy atom. The molecule has 1 unspecified atom stereocenters. The van der Waals surface area contributed by atoms with Crippen LogP contribution in [0.5, 0.6) is 5.75 Å². The molecule has 8 heteroatoms. The van der Waals surface area contributed by atoms with E-state index in [2.05, 4.69) is 23.0 Å². The fourth-order valence-corrected chi connectivity index (χ4v) is 5.13. The van der Waals surface area contributed by atoms with Crippen molar-refractivity contribution < 1.29 is 9.84 Å². The standard InChI is InChI=1S/C24H28N6O2/c1-15-4-16-11-29(12-17(16)5-15)22-10-26-21(9-27-22)20-6-19(32-14-24(2,3)31)13-30-23(20)18(7-25)8-28-30/h6,8-10,13,15-17,31H,4-5,11-12,14H2,1-3H3/t15?,16-,17+. The van der Waals surface area contributed by atoms with Crippen molar-refractivity contribution in [2.45, 2.75) is 39.2 Å². The van der Waals surface area contributed by atoms with E-state index >= 15 is 0 Å². The van der Waals surface area contributed by atoms with Crippen LogP contribution in [0.25, 0.3) is 16.8 Å². The van der Waals surface area contributed by atoms with Gasteiger partial charge in [0.25, 0.3) is 0 Å². The molecule has 0 radical (unpaired) electrons. The monoisotopic (exact) mass is 432 g/mol. The highest BCUT2D eigenvalue weighted by Gasteiger charge is 2.39. The van der Waals surface area contributed by atoms with Crippen LogP contribution in [0.2, 0.25) is 0 Å². The molecule has 3 aromatic rings. The molecule has 2 fully saturated rings. The van der Waals surface area contributed by atoms with E-state index in [-0.39, 0.29) is 6.61 Å². The minimum absolute atomic E-state index is 0.130. The molecule has 1 N–H and O–H groups in total. The zero-order chi connectivity index (χ0) is 22.5. The number of ether oxygens (including phenoxy) is 1. The van der Waals surface area contributed by atoms with Crippen molar-refractivity contribution in [3.05, 3.63) is 36.4 Å². The molecule has 1 saturated heterocycles. The molecule has 0 aromatic carbocycles. The molecule has 5 rings (SSSR count). The van der Waals surface area contributed by atoms with E-state index in [1.165, 1.54) is 19.0 Å². The Hall–Kier alpha value is -3.18. The maximum Gasteiger partial charge on any atom is 0.147 e. The molecule has 3 aromatic heterocycles. The first-order chi connectivity index (χ1) is 15.3. The molecule has 1 saturated carbocycles. The van der Waals surface area contributed by atoms with E-state index in [4.69, 9.17) is 14.7 Å². The number of nitrogens with zero attached hydrogens (tertiary/aromatic N) is 6. The van der Waals surface area contributed by atoms with Crippen LogP contribution in [0.15, 0.2) is 30.9 Å². The summed E-state index contributed by atoms with van der Waals surface area (Å²) in [6.45, 7) is 7.95. The quantitative estimate of drug-likeness (QED) is 0.660. The first-order valence-corrected chi connectivity index (χ1v) is 11.1. The summed E-state index contributed by atoms with van der Waals surface area (Å²) in [5.41, 5.74) is 1.52. The van der Waals surface area contributed by atoms with Crippen LogP contribution in [-0.2, 0) is 0 Å². The molecule has 4 heterocycles. The Morgan fingerprint density at radius 2 is 1.94 bits per heavy atom. The van der Waals surface area contributed by atoms with Gasteiger partial charge < -0.3 is 14.7 Å². The van der Waals surface area contributed by atoms with Crippen LogP contribution in [0.3, 0.4) is 0 Å². The molecule has 0 amide bonds. The van der Waals surface area contributed by atoms with Crippen LogP contribution in [0, 0.1) is 29.1 Å². The van der Waals surface area contributed by atoms with Crippen molar-refractivity contribution in [2.75, 3.05) is 24.6 Å². The zero-order valence-corrected chi connectivity index (χ0v) is 18.7. The maximum atomic E-state index is 10.0. The number of anilines is 1. The Kier molecular flexibility index (Phi) is 5.01.